The van der Waals surface area contributed by atoms with Gasteiger partial charge >= 0.3 is 6.18 Å². The fraction of sp³-hybridized carbons (Fsp3) is 0.565. The molecule has 13 heteroatoms. The molecule has 2 saturated heterocycles. The number of nitrogens with zero attached hydrogens (tertiary/aromatic N) is 7. The summed E-state index contributed by atoms with van der Waals surface area (Å²) in [4.78, 5) is 34.7. The molecule has 3 heterocycles. The van der Waals surface area contributed by atoms with Crippen molar-refractivity contribution in [2.45, 2.75) is 12.7 Å². The van der Waals surface area contributed by atoms with Gasteiger partial charge in [-0.1, -0.05) is 12.1 Å². The summed E-state index contributed by atoms with van der Waals surface area (Å²) in [7, 11) is 3.88. The molecule has 0 spiro atoms. The Balaban J connectivity index is 1.28. The lowest BCUT2D eigenvalue weighted by Gasteiger charge is -2.35. The van der Waals surface area contributed by atoms with Crippen LogP contribution in [0.15, 0.2) is 24.3 Å². The smallest absolute Gasteiger partial charge is 0.357 e. The van der Waals surface area contributed by atoms with Crippen LogP contribution in [-0.2, 0) is 17.5 Å². The van der Waals surface area contributed by atoms with Crippen LogP contribution in [0.5, 0.6) is 0 Å². The lowest BCUT2D eigenvalue weighted by Crippen LogP contribution is -2.50. The predicted octanol–water partition coefficient (Wildman–Crippen LogP) is 1.12. The Morgan fingerprint density at radius 1 is 0.944 bits per heavy atom. The van der Waals surface area contributed by atoms with Crippen molar-refractivity contribution in [1.82, 2.24) is 30.1 Å². The van der Waals surface area contributed by atoms with Gasteiger partial charge in [0.2, 0.25) is 23.8 Å². The number of hydrogen-bond acceptors (Lipinski definition) is 9. The molecule has 4 rings (SSSR count). The van der Waals surface area contributed by atoms with Gasteiger partial charge in [0.1, 0.15) is 0 Å². The van der Waals surface area contributed by atoms with Crippen LogP contribution in [-0.4, -0.2) is 104 Å². The normalized spacial score (nSPS) is 17.8. The van der Waals surface area contributed by atoms with Crippen molar-refractivity contribution in [3.8, 4) is 0 Å². The van der Waals surface area contributed by atoms with E-state index < -0.39 is 11.7 Å². The number of benzene rings is 1. The van der Waals surface area contributed by atoms with E-state index in [1.807, 2.05) is 4.90 Å². The summed E-state index contributed by atoms with van der Waals surface area (Å²) >= 11 is 0. The molecule has 0 saturated carbocycles. The first-order valence-electron chi connectivity index (χ1n) is 12.0. The van der Waals surface area contributed by atoms with Crippen molar-refractivity contribution in [2.24, 2.45) is 0 Å². The summed E-state index contributed by atoms with van der Waals surface area (Å²) in [5.41, 5.74) is -0.310. The number of nitrogens with one attached hydrogen (secondary N) is 2. The van der Waals surface area contributed by atoms with Crippen LogP contribution in [0.3, 0.4) is 0 Å². The average Bonchev–Trinajstić information content (AvgIpc) is 2.88. The third kappa shape index (κ3) is 6.72. The molecule has 2 fully saturated rings. The van der Waals surface area contributed by atoms with Crippen LogP contribution in [0, 0.1) is 0 Å². The van der Waals surface area contributed by atoms with E-state index in [0.717, 1.165) is 38.3 Å². The number of alkyl halides is 3. The lowest BCUT2D eigenvalue weighted by atomic mass is 10.1. The first-order valence-corrected chi connectivity index (χ1v) is 12.0. The highest BCUT2D eigenvalue weighted by Crippen LogP contribution is 2.29. The van der Waals surface area contributed by atoms with Gasteiger partial charge in [0.15, 0.2) is 0 Å². The van der Waals surface area contributed by atoms with Crippen molar-refractivity contribution in [1.29, 1.82) is 0 Å². The van der Waals surface area contributed by atoms with Gasteiger partial charge in [0.05, 0.1) is 12.1 Å². The summed E-state index contributed by atoms with van der Waals surface area (Å²) < 4.78 is 38.7. The standard InChI is InChI=1S/C23H32F3N9O/c1-27-20-29-21(34-10-6-32(2)7-11-34)31-22(30-20)35-12-8-33(9-13-35)16-19(36)28-15-17-4-3-5-18(14-17)23(24,25)26/h3-5,14H,6-13,15-16H2,1-2H3,(H,28,36)(H,27,29,30,31). The van der Waals surface area contributed by atoms with Gasteiger partial charge in [-0.25, -0.2) is 0 Å². The first-order chi connectivity index (χ1) is 17.2. The molecule has 2 aromatic rings. The molecule has 2 aliphatic heterocycles. The molecule has 2 N–H and O–H groups in total. The Morgan fingerprint density at radius 3 is 2.14 bits per heavy atom. The van der Waals surface area contributed by atoms with E-state index in [9.17, 15) is 18.0 Å². The van der Waals surface area contributed by atoms with Crippen molar-refractivity contribution in [3.05, 3.63) is 35.4 Å². The largest absolute Gasteiger partial charge is 0.416 e. The molecule has 1 aromatic heterocycles. The molecule has 0 radical (unpaired) electrons. The van der Waals surface area contributed by atoms with Gasteiger partial charge in [0.25, 0.3) is 0 Å². The Hall–Kier alpha value is -3.19. The fourth-order valence-corrected chi connectivity index (χ4v) is 4.18. The predicted molar refractivity (Wildman–Crippen MR) is 131 cm³/mol. The third-order valence-corrected chi connectivity index (χ3v) is 6.39. The van der Waals surface area contributed by atoms with Gasteiger partial charge in [-0.2, -0.15) is 28.1 Å². The highest BCUT2D eigenvalue weighted by Gasteiger charge is 2.30. The Bertz CT molecular complexity index is 1040. The van der Waals surface area contributed by atoms with Gasteiger partial charge in [0, 0.05) is 66.0 Å². The molecule has 0 atom stereocenters. The van der Waals surface area contributed by atoms with Crippen LogP contribution < -0.4 is 20.4 Å². The van der Waals surface area contributed by atoms with Gasteiger partial charge in [-0.15, -0.1) is 0 Å². The van der Waals surface area contributed by atoms with Gasteiger partial charge in [-0.3, -0.25) is 9.69 Å². The number of anilines is 3. The molecule has 2 aliphatic rings. The van der Waals surface area contributed by atoms with E-state index in [0.29, 0.717) is 49.6 Å². The molecule has 1 amide bonds. The van der Waals surface area contributed by atoms with E-state index in [4.69, 9.17) is 4.98 Å². The lowest BCUT2D eigenvalue weighted by molar-refractivity contribution is -0.137. The zero-order valence-electron chi connectivity index (χ0n) is 20.6. The maximum Gasteiger partial charge on any atom is 0.416 e. The number of amides is 1. The molecule has 0 unspecified atom stereocenters. The molecule has 1 aromatic carbocycles. The number of aromatic nitrogens is 3. The summed E-state index contributed by atoms with van der Waals surface area (Å²) in [5.74, 6) is 1.56. The molecule has 36 heavy (non-hydrogen) atoms. The van der Waals surface area contributed by atoms with Crippen molar-refractivity contribution < 1.29 is 18.0 Å². The van der Waals surface area contributed by atoms with Gasteiger partial charge < -0.3 is 25.3 Å². The van der Waals surface area contributed by atoms with Gasteiger partial charge in [-0.05, 0) is 24.7 Å². The topological polar surface area (TPSA) is 92.8 Å². The zero-order valence-corrected chi connectivity index (χ0v) is 20.6. The summed E-state index contributed by atoms with van der Waals surface area (Å²) in [6, 6.07) is 4.99. The van der Waals surface area contributed by atoms with Crippen LogP contribution in [0.2, 0.25) is 0 Å². The second-order valence-corrected chi connectivity index (χ2v) is 9.04. The van der Waals surface area contributed by atoms with Crippen LogP contribution in [0.25, 0.3) is 0 Å². The number of carbonyl (C=O) groups excluding carboxylic acids is 1. The van der Waals surface area contributed by atoms with Crippen molar-refractivity contribution >= 4 is 23.8 Å². The summed E-state index contributed by atoms with van der Waals surface area (Å²) in [5, 5.41) is 5.74. The third-order valence-electron chi connectivity index (χ3n) is 6.39. The first kappa shape index (κ1) is 25.9. The van der Waals surface area contributed by atoms with E-state index >= 15 is 0 Å². The SMILES string of the molecule is CNc1nc(N2CCN(C)CC2)nc(N2CCN(CC(=O)NCc3cccc(C(F)(F)F)c3)CC2)n1. The molecular weight excluding hydrogens is 475 g/mol. The second-order valence-electron chi connectivity index (χ2n) is 9.04. The van der Waals surface area contributed by atoms with E-state index in [1.165, 1.54) is 6.07 Å². The number of hydrogen-bond donors (Lipinski definition) is 2. The maximum absolute atomic E-state index is 12.9. The second kappa shape index (κ2) is 11.2. The number of piperazine rings is 2. The minimum absolute atomic E-state index is 0.0510. The Morgan fingerprint density at radius 2 is 1.56 bits per heavy atom. The Kier molecular flexibility index (Phi) is 8.09. The van der Waals surface area contributed by atoms with Crippen molar-refractivity contribution in [3.63, 3.8) is 0 Å². The maximum atomic E-state index is 12.9. The number of rotatable bonds is 7. The van der Waals surface area contributed by atoms with E-state index in [1.54, 1.807) is 13.1 Å². The average molecular weight is 508 g/mol. The number of carbonyl (C=O) groups is 1. The zero-order chi connectivity index (χ0) is 25.7. The molecule has 0 bridgehead atoms. The number of likely N-dealkylation sites (N-methyl/N-ethyl adjacent to an activating group) is 1. The molecule has 10 nitrogen and oxygen atoms in total. The minimum Gasteiger partial charge on any atom is -0.357 e. The molecular formula is C23H32F3N9O. The minimum atomic E-state index is -4.41. The van der Waals surface area contributed by atoms with E-state index in [2.05, 4.69) is 42.3 Å². The van der Waals surface area contributed by atoms with Crippen LogP contribution in [0.4, 0.5) is 31.0 Å². The van der Waals surface area contributed by atoms with Crippen LogP contribution in [0.1, 0.15) is 11.1 Å². The number of halogens is 3. The highest BCUT2D eigenvalue weighted by atomic mass is 19.4. The Labute approximate surface area is 208 Å². The molecule has 0 aliphatic carbocycles. The summed E-state index contributed by atoms with van der Waals surface area (Å²) in [6.07, 6.45) is -4.41. The van der Waals surface area contributed by atoms with Crippen molar-refractivity contribution in [2.75, 3.05) is 88.1 Å². The monoisotopic (exact) mass is 507 g/mol. The highest BCUT2D eigenvalue weighted by molar-refractivity contribution is 5.78. The van der Waals surface area contributed by atoms with E-state index in [-0.39, 0.29) is 19.0 Å². The summed E-state index contributed by atoms with van der Waals surface area (Å²) in [6.45, 7) is 6.41. The fourth-order valence-electron chi connectivity index (χ4n) is 4.18. The molecule has 196 valence electrons. The quantitative estimate of drug-likeness (QED) is 0.572. The van der Waals surface area contributed by atoms with Crippen LogP contribution >= 0.6 is 0 Å².